The third-order valence-corrected chi connectivity index (χ3v) is 3.02. The minimum absolute atomic E-state index is 0. The van der Waals surface area contributed by atoms with E-state index in [2.05, 4.69) is 10.6 Å². The Balaban J connectivity index is 0.00000162. The Hall–Kier alpha value is -1.13. The lowest BCUT2D eigenvalue weighted by Gasteiger charge is -2.04. The number of hydrogen-bond donors (Lipinski definition) is 2. The lowest BCUT2D eigenvalue weighted by Crippen LogP contribution is -2.29. The highest BCUT2D eigenvalue weighted by atomic mass is 35.5. The molecule has 0 spiro atoms. The van der Waals surface area contributed by atoms with Gasteiger partial charge < -0.3 is 10.6 Å². The van der Waals surface area contributed by atoms with Crippen LogP contribution in [0.1, 0.15) is 24.3 Å². The molecule has 1 aromatic rings. The Bertz CT molecular complexity index is 414. The van der Waals surface area contributed by atoms with Crippen molar-refractivity contribution in [3.05, 3.63) is 35.6 Å². The second-order valence-electron chi connectivity index (χ2n) is 4.42. The molecule has 1 aliphatic rings. The normalized spacial score (nSPS) is 21.0. The van der Waals surface area contributed by atoms with Gasteiger partial charge in [-0.25, -0.2) is 4.39 Å². The molecule has 2 unspecified atom stereocenters. The van der Waals surface area contributed by atoms with E-state index in [0.29, 0.717) is 13.0 Å². The first-order valence-electron chi connectivity index (χ1n) is 5.90. The molecule has 0 aromatic heterocycles. The van der Waals surface area contributed by atoms with Gasteiger partial charge in [0.15, 0.2) is 0 Å². The molecule has 1 amide bonds. The molecule has 0 heterocycles. The van der Waals surface area contributed by atoms with E-state index in [4.69, 9.17) is 0 Å². The average molecular weight is 273 g/mol. The van der Waals surface area contributed by atoms with Gasteiger partial charge in [0, 0.05) is 24.9 Å². The van der Waals surface area contributed by atoms with Crippen LogP contribution < -0.4 is 10.6 Å². The van der Waals surface area contributed by atoms with E-state index < -0.39 is 0 Å². The fourth-order valence-corrected chi connectivity index (χ4v) is 1.98. The molecule has 0 aliphatic heterocycles. The molecule has 0 saturated heterocycles. The van der Waals surface area contributed by atoms with Gasteiger partial charge in [0.05, 0.1) is 0 Å². The van der Waals surface area contributed by atoms with E-state index in [9.17, 15) is 9.18 Å². The van der Waals surface area contributed by atoms with Gasteiger partial charge in [-0.15, -0.1) is 12.4 Å². The van der Waals surface area contributed by atoms with Crippen LogP contribution in [0.15, 0.2) is 24.3 Å². The van der Waals surface area contributed by atoms with E-state index in [1.807, 2.05) is 13.1 Å². The van der Waals surface area contributed by atoms with Crippen LogP contribution in [-0.2, 0) is 4.79 Å². The molecule has 18 heavy (non-hydrogen) atoms. The predicted molar refractivity (Wildman–Crippen MR) is 71.5 cm³/mol. The highest BCUT2D eigenvalue weighted by molar-refractivity contribution is 5.85. The zero-order valence-electron chi connectivity index (χ0n) is 10.3. The smallest absolute Gasteiger partial charge is 0.221 e. The summed E-state index contributed by atoms with van der Waals surface area (Å²) >= 11 is 0. The average Bonchev–Trinajstić information content (AvgIpc) is 3.05. The van der Waals surface area contributed by atoms with Gasteiger partial charge in [0.25, 0.3) is 0 Å². The van der Waals surface area contributed by atoms with Crippen molar-refractivity contribution in [2.24, 2.45) is 0 Å². The first-order chi connectivity index (χ1) is 8.20. The second-order valence-corrected chi connectivity index (χ2v) is 4.42. The first-order valence-corrected chi connectivity index (χ1v) is 5.90. The minimum atomic E-state index is -0.213. The van der Waals surface area contributed by atoms with Crippen molar-refractivity contribution in [3.63, 3.8) is 0 Å². The summed E-state index contributed by atoms with van der Waals surface area (Å²) in [6.45, 7) is 0.684. The maximum Gasteiger partial charge on any atom is 0.221 e. The Kier molecular flexibility index (Phi) is 5.56. The molecular formula is C13H18ClFN2O. The van der Waals surface area contributed by atoms with E-state index in [1.54, 1.807) is 12.1 Å². The summed E-state index contributed by atoms with van der Waals surface area (Å²) in [5.74, 6) is 0.127. The van der Waals surface area contributed by atoms with Crippen molar-refractivity contribution in [1.82, 2.24) is 10.6 Å². The molecule has 1 aliphatic carbocycles. The van der Waals surface area contributed by atoms with Crippen LogP contribution in [0.3, 0.4) is 0 Å². The number of hydrogen-bond acceptors (Lipinski definition) is 2. The summed E-state index contributed by atoms with van der Waals surface area (Å²) in [6.07, 6.45) is 1.40. The molecule has 1 saturated carbocycles. The Labute approximate surface area is 113 Å². The van der Waals surface area contributed by atoms with Crippen molar-refractivity contribution in [1.29, 1.82) is 0 Å². The largest absolute Gasteiger partial charge is 0.353 e. The molecule has 2 N–H and O–H groups in total. The summed E-state index contributed by atoms with van der Waals surface area (Å²) in [4.78, 5) is 11.5. The van der Waals surface area contributed by atoms with Crippen molar-refractivity contribution in [2.75, 3.05) is 13.6 Å². The summed E-state index contributed by atoms with van der Waals surface area (Å²) in [6, 6.07) is 6.79. The number of nitrogens with one attached hydrogen (secondary N) is 2. The van der Waals surface area contributed by atoms with Gasteiger partial charge >= 0.3 is 0 Å². The Morgan fingerprint density at radius 2 is 2.28 bits per heavy atom. The van der Waals surface area contributed by atoms with E-state index in [1.165, 1.54) is 6.07 Å². The summed E-state index contributed by atoms with van der Waals surface area (Å²) in [5, 5.41) is 5.89. The van der Waals surface area contributed by atoms with Crippen molar-refractivity contribution >= 4 is 18.3 Å². The van der Waals surface area contributed by atoms with Crippen LogP contribution in [0.2, 0.25) is 0 Å². The van der Waals surface area contributed by atoms with E-state index >= 15 is 0 Å². The van der Waals surface area contributed by atoms with Gasteiger partial charge in [0.1, 0.15) is 5.82 Å². The van der Waals surface area contributed by atoms with Crippen molar-refractivity contribution in [2.45, 2.75) is 24.8 Å². The topological polar surface area (TPSA) is 41.1 Å². The third kappa shape index (κ3) is 3.96. The molecule has 1 aromatic carbocycles. The number of amides is 1. The molecule has 3 nitrogen and oxygen atoms in total. The number of carbonyl (C=O) groups is 1. The molecular weight excluding hydrogens is 255 g/mol. The number of carbonyl (C=O) groups excluding carboxylic acids is 1. The monoisotopic (exact) mass is 272 g/mol. The lowest BCUT2D eigenvalue weighted by molar-refractivity contribution is -0.121. The number of benzene rings is 1. The summed E-state index contributed by atoms with van der Waals surface area (Å²) < 4.78 is 13.0. The fourth-order valence-electron chi connectivity index (χ4n) is 1.98. The van der Waals surface area contributed by atoms with Crippen LogP contribution in [0, 0.1) is 5.82 Å². The molecule has 1 fully saturated rings. The molecule has 100 valence electrons. The summed E-state index contributed by atoms with van der Waals surface area (Å²) in [5.41, 5.74) is 0.976. The van der Waals surface area contributed by atoms with Crippen LogP contribution >= 0.6 is 12.4 Å². The maximum atomic E-state index is 13.0. The number of rotatable bonds is 5. The zero-order valence-corrected chi connectivity index (χ0v) is 11.1. The van der Waals surface area contributed by atoms with E-state index in [0.717, 1.165) is 12.0 Å². The quantitative estimate of drug-likeness (QED) is 0.859. The Morgan fingerprint density at radius 3 is 2.94 bits per heavy atom. The van der Waals surface area contributed by atoms with Gasteiger partial charge in [-0.3, -0.25) is 4.79 Å². The van der Waals surface area contributed by atoms with Crippen molar-refractivity contribution in [3.8, 4) is 0 Å². The SMILES string of the molecule is CNCCC(=O)NC1CC1c1cccc(F)c1.Cl. The fraction of sp³-hybridized carbons (Fsp3) is 0.462. The maximum absolute atomic E-state index is 13.0. The molecule has 5 heteroatoms. The van der Waals surface area contributed by atoms with Gasteiger partial charge in [0.2, 0.25) is 5.91 Å². The van der Waals surface area contributed by atoms with Gasteiger partial charge in [-0.2, -0.15) is 0 Å². The van der Waals surface area contributed by atoms with Gasteiger partial charge in [-0.05, 0) is 31.2 Å². The second kappa shape index (κ2) is 6.71. The van der Waals surface area contributed by atoms with Crippen LogP contribution in [0.5, 0.6) is 0 Å². The van der Waals surface area contributed by atoms with Crippen LogP contribution in [-0.4, -0.2) is 25.5 Å². The highest BCUT2D eigenvalue weighted by Crippen LogP contribution is 2.40. The van der Waals surface area contributed by atoms with Crippen LogP contribution in [0.25, 0.3) is 0 Å². The molecule has 0 bridgehead atoms. The Morgan fingerprint density at radius 1 is 1.50 bits per heavy atom. The third-order valence-electron chi connectivity index (χ3n) is 3.02. The first kappa shape index (κ1) is 14.9. The van der Waals surface area contributed by atoms with Gasteiger partial charge in [-0.1, -0.05) is 12.1 Å². The van der Waals surface area contributed by atoms with Crippen LogP contribution in [0.4, 0.5) is 4.39 Å². The summed E-state index contributed by atoms with van der Waals surface area (Å²) in [7, 11) is 1.82. The van der Waals surface area contributed by atoms with E-state index in [-0.39, 0.29) is 36.1 Å². The molecule has 0 radical (unpaired) electrons. The predicted octanol–water partition coefficient (Wildman–Crippen LogP) is 1.83. The zero-order chi connectivity index (χ0) is 12.3. The number of halogens is 2. The minimum Gasteiger partial charge on any atom is -0.353 e. The molecule has 2 atom stereocenters. The molecule has 2 rings (SSSR count). The lowest BCUT2D eigenvalue weighted by atomic mass is 10.1. The highest BCUT2D eigenvalue weighted by Gasteiger charge is 2.39. The van der Waals surface area contributed by atoms with Crippen molar-refractivity contribution < 1.29 is 9.18 Å². The standard InChI is InChI=1S/C13H17FN2O.ClH/c1-15-6-5-13(17)16-12-8-11(12)9-3-2-4-10(14)7-9;/h2-4,7,11-12,15H,5-6,8H2,1H3,(H,16,17);1H.